The number of hydrogen-bond acceptors (Lipinski definition) is 4. The van der Waals surface area contributed by atoms with Crippen molar-refractivity contribution < 1.29 is 51.3 Å². The van der Waals surface area contributed by atoms with E-state index in [1.807, 2.05) is 0 Å². The number of carboxylic acid groups (broad SMARTS) is 2. The van der Waals surface area contributed by atoms with Crippen molar-refractivity contribution in [1.29, 1.82) is 0 Å². The molecule has 0 spiro atoms. The van der Waals surface area contributed by atoms with Crippen LogP contribution in [0.25, 0.3) is 0 Å². The summed E-state index contributed by atoms with van der Waals surface area (Å²) in [6, 6.07) is 0.613. The van der Waals surface area contributed by atoms with E-state index in [0.29, 0.717) is 19.1 Å². The van der Waals surface area contributed by atoms with Gasteiger partial charge in [0.1, 0.15) is 5.56 Å². The van der Waals surface area contributed by atoms with E-state index in [0.717, 1.165) is 13.8 Å². The fraction of sp³-hybridized carbons (Fsp3) is 0.308. The van der Waals surface area contributed by atoms with E-state index in [4.69, 9.17) is 19.8 Å². The lowest BCUT2D eigenvalue weighted by molar-refractivity contribution is -0.239. The third kappa shape index (κ3) is 10.1. The van der Waals surface area contributed by atoms with Gasteiger partial charge < -0.3 is 14.9 Å². The standard InChI is InChI=1S/C9H5F5O2.2C2H4O2/c1-4(15)16-9(13,14)5-2-3-6(10)8(12)7(5)11;2*1-2(3)4/h2-3H,1H3;2*1H3,(H,3,4). The predicted octanol–water partition coefficient (Wildman–Crippen LogP) is 2.90. The molecule has 0 unspecified atom stereocenters. The maximum absolute atomic E-state index is 13.0. The van der Waals surface area contributed by atoms with E-state index < -0.39 is 47.0 Å². The summed E-state index contributed by atoms with van der Waals surface area (Å²) >= 11 is 0. The molecule has 2 N–H and O–H groups in total. The van der Waals surface area contributed by atoms with Gasteiger partial charge in [-0.05, 0) is 12.1 Å². The van der Waals surface area contributed by atoms with Crippen LogP contribution in [-0.4, -0.2) is 28.1 Å². The van der Waals surface area contributed by atoms with Crippen LogP contribution in [0, 0.1) is 17.5 Å². The number of rotatable bonds is 2. The minimum atomic E-state index is -4.34. The van der Waals surface area contributed by atoms with Gasteiger partial charge in [-0.1, -0.05) is 0 Å². The number of hydrogen-bond donors (Lipinski definition) is 2. The Hall–Kier alpha value is -2.72. The number of aliphatic carboxylic acids is 2. The summed E-state index contributed by atoms with van der Waals surface area (Å²) in [6.07, 6.45) is -4.34. The Balaban J connectivity index is 0. The SMILES string of the molecule is CC(=O)O.CC(=O)O.CC(=O)OC(F)(F)c1ccc(F)c(F)c1F. The van der Waals surface area contributed by atoms with Crippen LogP contribution in [0.1, 0.15) is 26.3 Å². The molecule has 0 saturated heterocycles. The highest BCUT2D eigenvalue weighted by Crippen LogP contribution is 2.32. The monoisotopic (exact) mass is 360 g/mol. The summed E-state index contributed by atoms with van der Waals surface area (Å²) in [5.74, 6) is -8.80. The van der Waals surface area contributed by atoms with Crippen LogP contribution in [0.5, 0.6) is 0 Å². The van der Waals surface area contributed by atoms with Gasteiger partial charge in [0.15, 0.2) is 17.5 Å². The van der Waals surface area contributed by atoms with E-state index in [-0.39, 0.29) is 0 Å². The highest BCUT2D eigenvalue weighted by Gasteiger charge is 2.40. The molecule has 0 aromatic heterocycles. The first-order valence-corrected chi connectivity index (χ1v) is 5.82. The topological polar surface area (TPSA) is 101 Å². The van der Waals surface area contributed by atoms with Crippen LogP contribution in [0.4, 0.5) is 22.0 Å². The number of benzene rings is 1. The van der Waals surface area contributed by atoms with Crippen molar-refractivity contribution in [2.45, 2.75) is 26.9 Å². The summed E-state index contributed by atoms with van der Waals surface area (Å²) in [5.41, 5.74) is -1.54. The van der Waals surface area contributed by atoms with E-state index in [1.165, 1.54) is 0 Å². The molecule has 11 heteroatoms. The first-order chi connectivity index (χ1) is 10.7. The molecule has 136 valence electrons. The molecular formula is C13H13F5O6. The highest BCUT2D eigenvalue weighted by molar-refractivity contribution is 5.66. The van der Waals surface area contributed by atoms with Gasteiger partial charge in [-0.3, -0.25) is 14.4 Å². The van der Waals surface area contributed by atoms with Crippen molar-refractivity contribution in [3.05, 3.63) is 35.1 Å². The lowest BCUT2D eigenvalue weighted by Crippen LogP contribution is -2.23. The number of carboxylic acids is 2. The summed E-state index contributed by atoms with van der Waals surface area (Å²) < 4.78 is 67.5. The van der Waals surface area contributed by atoms with Crippen LogP contribution in [0.15, 0.2) is 12.1 Å². The van der Waals surface area contributed by atoms with Gasteiger partial charge in [-0.15, -0.1) is 0 Å². The zero-order valence-corrected chi connectivity index (χ0v) is 12.6. The summed E-state index contributed by atoms with van der Waals surface area (Å²) in [4.78, 5) is 28.3. The van der Waals surface area contributed by atoms with E-state index >= 15 is 0 Å². The quantitative estimate of drug-likeness (QED) is 0.478. The first kappa shape index (κ1) is 23.5. The van der Waals surface area contributed by atoms with Gasteiger partial charge in [-0.2, -0.15) is 8.78 Å². The second kappa shape index (κ2) is 10.1. The lowest BCUT2D eigenvalue weighted by Gasteiger charge is -2.16. The van der Waals surface area contributed by atoms with Crippen molar-refractivity contribution in [2.24, 2.45) is 0 Å². The van der Waals surface area contributed by atoms with Crippen LogP contribution in [0.2, 0.25) is 0 Å². The fourth-order valence-corrected chi connectivity index (χ4v) is 0.986. The molecule has 0 bridgehead atoms. The van der Waals surface area contributed by atoms with Gasteiger partial charge >= 0.3 is 12.1 Å². The Kier molecular flexibility index (Phi) is 9.94. The van der Waals surface area contributed by atoms with Crippen LogP contribution < -0.4 is 0 Å². The summed E-state index contributed by atoms with van der Waals surface area (Å²) in [5, 5.41) is 14.8. The smallest absolute Gasteiger partial charge is 0.431 e. The third-order valence-electron chi connectivity index (χ3n) is 1.62. The Morgan fingerprint density at radius 2 is 1.29 bits per heavy atom. The Labute approximate surface area is 132 Å². The largest absolute Gasteiger partial charge is 0.481 e. The molecule has 0 saturated carbocycles. The molecule has 0 aliphatic carbocycles. The first-order valence-electron chi connectivity index (χ1n) is 5.82. The Morgan fingerprint density at radius 3 is 1.62 bits per heavy atom. The maximum atomic E-state index is 13.0. The molecular weight excluding hydrogens is 347 g/mol. The number of esters is 1. The van der Waals surface area contributed by atoms with Crippen LogP contribution in [0.3, 0.4) is 0 Å². The molecule has 1 aromatic rings. The molecule has 1 aromatic carbocycles. The number of halogens is 5. The van der Waals surface area contributed by atoms with Crippen molar-refractivity contribution in [3.63, 3.8) is 0 Å². The number of carbonyl (C=O) groups excluding carboxylic acids is 1. The average molecular weight is 360 g/mol. The predicted molar refractivity (Wildman–Crippen MR) is 68.6 cm³/mol. The highest BCUT2D eigenvalue weighted by atomic mass is 19.3. The van der Waals surface area contributed by atoms with Gasteiger partial charge in [0.2, 0.25) is 0 Å². The molecule has 1 rings (SSSR count). The molecule has 0 aliphatic rings. The molecule has 0 amide bonds. The normalized spacial score (nSPS) is 9.67. The fourth-order valence-electron chi connectivity index (χ4n) is 0.986. The zero-order chi connectivity index (χ0) is 19.7. The van der Waals surface area contributed by atoms with Gasteiger partial charge in [0, 0.05) is 20.8 Å². The summed E-state index contributed by atoms with van der Waals surface area (Å²) in [7, 11) is 0. The van der Waals surface area contributed by atoms with E-state index in [2.05, 4.69) is 4.74 Å². The molecule has 0 fully saturated rings. The zero-order valence-electron chi connectivity index (χ0n) is 12.6. The maximum Gasteiger partial charge on any atom is 0.431 e. The Bertz CT molecular complexity index is 583. The number of ether oxygens (including phenoxy) is 1. The third-order valence-corrected chi connectivity index (χ3v) is 1.62. The Morgan fingerprint density at radius 1 is 0.917 bits per heavy atom. The number of alkyl halides is 2. The minimum absolute atomic E-state index is 0.302. The summed E-state index contributed by atoms with van der Waals surface area (Å²) in [6.45, 7) is 2.84. The van der Waals surface area contributed by atoms with E-state index in [9.17, 15) is 26.7 Å². The molecule has 0 aliphatic heterocycles. The van der Waals surface area contributed by atoms with E-state index in [1.54, 1.807) is 0 Å². The van der Waals surface area contributed by atoms with Gasteiger partial charge in [0.05, 0.1) is 0 Å². The number of carbonyl (C=O) groups is 3. The van der Waals surface area contributed by atoms with Crippen molar-refractivity contribution >= 4 is 17.9 Å². The molecule has 0 atom stereocenters. The lowest BCUT2D eigenvalue weighted by atomic mass is 10.2. The average Bonchev–Trinajstić information content (AvgIpc) is 2.32. The van der Waals surface area contributed by atoms with Crippen molar-refractivity contribution in [1.82, 2.24) is 0 Å². The van der Waals surface area contributed by atoms with Gasteiger partial charge in [-0.25, -0.2) is 13.2 Å². The molecule has 0 heterocycles. The van der Waals surface area contributed by atoms with Crippen LogP contribution >= 0.6 is 0 Å². The van der Waals surface area contributed by atoms with Crippen molar-refractivity contribution in [3.8, 4) is 0 Å². The molecule has 0 radical (unpaired) electrons. The molecule has 24 heavy (non-hydrogen) atoms. The van der Waals surface area contributed by atoms with Crippen LogP contribution in [-0.2, 0) is 25.2 Å². The minimum Gasteiger partial charge on any atom is -0.481 e. The second-order valence-electron chi connectivity index (χ2n) is 3.87. The van der Waals surface area contributed by atoms with Gasteiger partial charge in [0.25, 0.3) is 11.9 Å². The molecule has 6 nitrogen and oxygen atoms in total. The second-order valence-corrected chi connectivity index (χ2v) is 3.87. The van der Waals surface area contributed by atoms with Crippen molar-refractivity contribution in [2.75, 3.05) is 0 Å².